The molecule has 158 valence electrons. The van der Waals surface area contributed by atoms with Gasteiger partial charge in [0.05, 0.1) is 12.4 Å². The van der Waals surface area contributed by atoms with Gasteiger partial charge in [-0.25, -0.2) is 19.9 Å². The second-order valence-corrected chi connectivity index (χ2v) is 7.82. The van der Waals surface area contributed by atoms with Crippen LogP contribution >= 0.6 is 0 Å². The Hall–Kier alpha value is -2.75. The summed E-state index contributed by atoms with van der Waals surface area (Å²) in [7, 11) is 0. The van der Waals surface area contributed by atoms with Gasteiger partial charge in [0, 0.05) is 38.7 Å². The van der Waals surface area contributed by atoms with E-state index in [0.717, 1.165) is 63.8 Å². The average molecular weight is 418 g/mol. The number of nitrogens with zero attached hydrogens (tertiary/aromatic N) is 6. The summed E-state index contributed by atoms with van der Waals surface area (Å²) in [5, 5.41) is 0. The van der Waals surface area contributed by atoms with E-state index >= 15 is 0 Å². The van der Waals surface area contributed by atoms with Crippen LogP contribution < -0.4 is 4.90 Å². The van der Waals surface area contributed by atoms with Crippen molar-refractivity contribution in [2.75, 3.05) is 31.2 Å². The topological polar surface area (TPSA) is 68.4 Å². The molecule has 3 aromatic rings. The van der Waals surface area contributed by atoms with Gasteiger partial charge >= 0.3 is 6.18 Å². The van der Waals surface area contributed by atoms with Gasteiger partial charge in [0.15, 0.2) is 17.2 Å². The highest BCUT2D eigenvalue weighted by Crippen LogP contribution is 2.33. The minimum absolute atomic E-state index is 0.313. The zero-order valence-electron chi connectivity index (χ0n) is 16.2. The van der Waals surface area contributed by atoms with Crippen molar-refractivity contribution in [1.29, 1.82) is 0 Å². The maximum atomic E-state index is 13.1. The van der Waals surface area contributed by atoms with Crippen molar-refractivity contribution in [2.45, 2.75) is 25.4 Å². The lowest BCUT2D eigenvalue weighted by molar-refractivity contribution is -0.141. The third-order valence-electron chi connectivity index (χ3n) is 6.04. The summed E-state index contributed by atoms with van der Waals surface area (Å²) in [6.07, 6.45) is 3.94. The lowest BCUT2D eigenvalue weighted by Gasteiger charge is -2.27. The molecule has 5 rings (SSSR count). The maximum Gasteiger partial charge on any atom is 0.434 e. The minimum Gasteiger partial charge on any atom is -0.381 e. The number of hydrogen-bond donors (Lipinski definition) is 0. The standard InChI is InChI=1S/C20H21F3N6O/c21-20(22,23)16-12-29-15(9-26-18(29)10-25-16)19-24-5-1-17(27-19)28-6-2-14(11-28)13-3-7-30-8-4-13/h1,5,9-10,12-14H,2-4,6-8,11H2. The number of imidazole rings is 1. The highest BCUT2D eigenvalue weighted by Gasteiger charge is 2.34. The normalized spacial score (nSPS) is 20.9. The Bertz CT molecular complexity index is 1050. The maximum absolute atomic E-state index is 13.1. The average Bonchev–Trinajstić information content (AvgIpc) is 3.41. The van der Waals surface area contributed by atoms with Gasteiger partial charge in [-0.1, -0.05) is 0 Å². The molecule has 2 aliphatic heterocycles. The number of rotatable bonds is 3. The molecule has 0 bridgehead atoms. The van der Waals surface area contributed by atoms with Crippen LogP contribution in [-0.4, -0.2) is 50.6 Å². The van der Waals surface area contributed by atoms with Crippen molar-refractivity contribution >= 4 is 11.5 Å². The first-order valence-corrected chi connectivity index (χ1v) is 10.1. The van der Waals surface area contributed by atoms with Crippen LogP contribution in [0.4, 0.5) is 19.0 Å². The van der Waals surface area contributed by atoms with Crippen molar-refractivity contribution in [3.05, 3.63) is 36.5 Å². The quantitative estimate of drug-likeness (QED) is 0.649. The molecule has 2 fully saturated rings. The third kappa shape index (κ3) is 3.60. The molecule has 0 aliphatic carbocycles. The predicted octanol–water partition coefficient (Wildman–Crippen LogP) is 3.46. The number of fused-ring (bicyclic) bond motifs is 1. The van der Waals surface area contributed by atoms with Gasteiger partial charge in [-0.3, -0.25) is 4.40 Å². The number of alkyl halides is 3. The molecule has 10 heteroatoms. The first-order chi connectivity index (χ1) is 14.5. The largest absolute Gasteiger partial charge is 0.434 e. The van der Waals surface area contributed by atoms with E-state index in [1.54, 1.807) is 6.20 Å². The molecule has 0 amide bonds. The predicted molar refractivity (Wildman–Crippen MR) is 103 cm³/mol. The molecule has 3 aromatic heterocycles. The number of aromatic nitrogens is 5. The second-order valence-electron chi connectivity index (χ2n) is 7.82. The van der Waals surface area contributed by atoms with E-state index < -0.39 is 11.9 Å². The minimum atomic E-state index is -4.53. The third-order valence-corrected chi connectivity index (χ3v) is 6.04. The monoisotopic (exact) mass is 418 g/mol. The Morgan fingerprint density at radius 3 is 2.63 bits per heavy atom. The highest BCUT2D eigenvalue weighted by molar-refractivity contribution is 5.58. The van der Waals surface area contributed by atoms with Crippen LogP contribution in [0, 0.1) is 11.8 Å². The summed E-state index contributed by atoms with van der Waals surface area (Å²) in [6, 6.07) is 1.85. The molecule has 0 radical (unpaired) electrons. The van der Waals surface area contributed by atoms with Crippen LogP contribution in [0.1, 0.15) is 25.0 Å². The van der Waals surface area contributed by atoms with E-state index in [0.29, 0.717) is 29.0 Å². The first kappa shape index (κ1) is 19.2. The Morgan fingerprint density at radius 2 is 1.83 bits per heavy atom. The Labute approximate surface area is 170 Å². The Balaban J connectivity index is 1.41. The molecule has 30 heavy (non-hydrogen) atoms. The van der Waals surface area contributed by atoms with Crippen molar-refractivity contribution in [2.24, 2.45) is 11.8 Å². The molecule has 0 spiro atoms. The molecule has 0 aromatic carbocycles. The second kappa shape index (κ2) is 7.50. The number of anilines is 1. The highest BCUT2D eigenvalue weighted by atomic mass is 19.4. The summed E-state index contributed by atoms with van der Waals surface area (Å²) >= 11 is 0. The van der Waals surface area contributed by atoms with Gasteiger partial charge in [-0.2, -0.15) is 13.2 Å². The van der Waals surface area contributed by atoms with E-state index in [4.69, 9.17) is 4.74 Å². The van der Waals surface area contributed by atoms with Gasteiger partial charge in [0.2, 0.25) is 0 Å². The van der Waals surface area contributed by atoms with Crippen LogP contribution in [-0.2, 0) is 10.9 Å². The van der Waals surface area contributed by atoms with E-state index in [2.05, 4.69) is 24.8 Å². The Kier molecular flexibility index (Phi) is 4.80. The number of halogens is 3. The first-order valence-electron chi connectivity index (χ1n) is 10.1. The van der Waals surface area contributed by atoms with Gasteiger partial charge in [-0.15, -0.1) is 0 Å². The van der Waals surface area contributed by atoms with Crippen LogP contribution in [0.3, 0.4) is 0 Å². The number of ether oxygens (including phenoxy) is 1. The Morgan fingerprint density at radius 1 is 1.00 bits per heavy atom. The van der Waals surface area contributed by atoms with Crippen molar-refractivity contribution in [1.82, 2.24) is 24.3 Å². The fraction of sp³-hybridized carbons (Fsp3) is 0.500. The smallest absolute Gasteiger partial charge is 0.381 e. The van der Waals surface area contributed by atoms with Crippen molar-refractivity contribution < 1.29 is 17.9 Å². The van der Waals surface area contributed by atoms with E-state index in [9.17, 15) is 13.2 Å². The van der Waals surface area contributed by atoms with Gasteiger partial charge in [-0.05, 0) is 37.2 Å². The van der Waals surface area contributed by atoms with Crippen LogP contribution in [0.2, 0.25) is 0 Å². The van der Waals surface area contributed by atoms with Crippen molar-refractivity contribution in [3.63, 3.8) is 0 Å². The molecule has 0 saturated carbocycles. The molecule has 0 N–H and O–H groups in total. The molecule has 2 saturated heterocycles. The summed E-state index contributed by atoms with van der Waals surface area (Å²) in [5.74, 6) is 2.42. The van der Waals surface area contributed by atoms with Crippen LogP contribution in [0.15, 0.2) is 30.9 Å². The molecule has 1 atom stereocenters. The molecule has 5 heterocycles. The van der Waals surface area contributed by atoms with Gasteiger partial charge in [0.1, 0.15) is 11.5 Å². The van der Waals surface area contributed by atoms with Gasteiger partial charge in [0.25, 0.3) is 0 Å². The van der Waals surface area contributed by atoms with E-state index in [1.807, 2.05) is 6.07 Å². The fourth-order valence-corrected chi connectivity index (χ4v) is 4.42. The lowest BCUT2D eigenvalue weighted by atomic mass is 9.85. The van der Waals surface area contributed by atoms with Crippen LogP contribution in [0.5, 0.6) is 0 Å². The molecular weight excluding hydrogens is 397 g/mol. The molecule has 2 aliphatic rings. The fourth-order valence-electron chi connectivity index (χ4n) is 4.42. The van der Waals surface area contributed by atoms with Crippen molar-refractivity contribution in [3.8, 4) is 11.5 Å². The zero-order valence-corrected chi connectivity index (χ0v) is 16.2. The summed E-state index contributed by atoms with van der Waals surface area (Å²) in [6.45, 7) is 3.51. The zero-order chi connectivity index (χ0) is 20.7. The summed E-state index contributed by atoms with van der Waals surface area (Å²) < 4.78 is 46.0. The van der Waals surface area contributed by atoms with Crippen LogP contribution in [0.25, 0.3) is 17.2 Å². The number of hydrogen-bond acceptors (Lipinski definition) is 6. The van der Waals surface area contributed by atoms with E-state index in [1.165, 1.54) is 10.6 Å². The summed E-state index contributed by atoms with van der Waals surface area (Å²) in [4.78, 5) is 18.8. The van der Waals surface area contributed by atoms with E-state index in [-0.39, 0.29) is 0 Å². The summed E-state index contributed by atoms with van der Waals surface area (Å²) in [5.41, 5.74) is -0.267. The molecule has 1 unspecified atom stereocenters. The lowest BCUT2D eigenvalue weighted by Crippen LogP contribution is -2.27. The molecule has 7 nitrogen and oxygen atoms in total. The molecular formula is C20H21F3N6O. The SMILES string of the molecule is FC(F)(F)c1cn2c(-c3nccc(N4CCC(C5CCOCC5)C4)n3)cnc2cn1. The van der Waals surface area contributed by atoms with Gasteiger partial charge < -0.3 is 9.64 Å².